The third-order valence-electron chi connectivity index (χ3n) is 3.07. The number of rotatable bonds is 10. The summed E-state index contributed by atoms with van der Waals surface area (Å²) in [6.07, 6.45) is 2.49. The number of carboxylic acid groups (broad SMARTS) is 1. The molecule has 0 aliphatic rings. The maximum atomic E-state index is 11.5. The van der Waals surface area contributed by atoms with E-state index in [-0.39, 0.29) is 30.8 Å². The van der Waals surface area contributed by atoms with Gasteiger partial charge in [0.2, 0.25) is 5.91 Å². The van der Waals surface area contributed by atoms with Crippen molar-refractivity contribution in [3.05, 3.63) is 0 Å². The van der Waals surface area contributed by atoms with Gasteiger partial charge in [0.15, 0.2) is 0 Å². The van der Waals surface area contributed by atoms with Crippen LogP contribution in [0.3, 0.4) is 0 Å². The number of nitrogens with one attached hydrogen (secondary N) is 2. The highest BCUT2D eigenvalue weighted by atomic mass is 16.4. The van der Waals surface area contributed by atoms with E-state index >= 15 is 0 Å². The molecule has 0 aromatic heterocycles. The summed E-state index contributed by atoms with van der Waals surface area (Å²) >= 11 is 0. The van der Waals surface area contributed by atoms with Gasteiger partial charge in [0.1, 0.15) is 0 Å². The lowest BCUT2D eigenvalue weighted by molar-refractivity contribution is -0.137. The molecule has 0 aromatic rings. The molecule has 3 amide bonds. The quantitative estimate of drug-likeness (QED) is 0.475. The van der Waals surface area contributed by atoms with Crippen LogP contribution in [0.2, 0.25) is 0 Å². The molecule has 20 heavy (non-hydrogen) atoms. The highest BCUT2D eigenvalue weighted by Crippen LogP contribution is 2.14. The minimum Gasteiger partial charge on any atom is -0.481 e. The second-order valence-electron chi connectivity index (χ2n) is 4.97. The Kier molecular flexibility index (Phi) is 9.15. The molecule has 0 aromatic carbocycles. The third kappa shape index (κ3) is 10.2. The predicted octanol–water partition coefficient (Wildman–Crippen LogP) is 0.831. The molecule has 7 nitrogen and oxygen atoms in total. The Balaban J connectivity index is 3.82. The number of carboxylic acids is 1. The second kappa shape index (κ2) is 10.1. The lowest BCUT2D eigenvalue weighted by atomic mass is 9.97. The van der Waals surface area contributed by atoms with Crippen LogP contribution < -0.4 is 16.4 Å². The normalized spacial score (nSPS) is 13.3. The Hall–Kier alpha value is -1.79. The second-order valence-corrected chi connectivity index (χ2v) is 4.97. The Morgan fingerprint density at radius 2 is 1.90 bits per heavy atom. The minimum atomic E-state index is -0.797. The zero-order valence-electron chi connectivity index (χ0n) is 12.1. The highest BCUT2D eigenvalue weighted by molar-refractivity contribution is 5.77. The Bertz CT molecular complexity index is 334. The fourth-order valence-electron chi connectivity index (χ4n) is 1.90. The summed E-state index contributed by atoms with van der Waals surface area (Å²) in [7, 11) is 0. The van der Waals surface area contributed by atoms with Crippen LogP contribution in [0.5, 0.6) is 0 Å². The summed E-state index contributed by atoms with van der Waals surface area (Å²) in [6.45, 7) is 4.18. The van der Waals surface area contributed by atoms with Crippen LogP contribution in [0.4, 0.5) is 4.79 Å². The average Bonchev–Trinajstić information content (AvgIpc) is 2.31. The van der Waals surface area contributed by atoms with Crippen molar-refractivity contribution < 1.29 is 19.5 Å². The third-order valence-corrected chi connectivity index (χ3v) is 3.07. The molecular weight excluding hydrogens is 262 g/mol. The van der Waals surface area contributed by atoms with E-state index in [0.29, 0.717) is 13.0 Å². The van der Waals surface area contributed by atoms with Crippen molar-refractivity contribution in [2.75, 3.05) is 6.54 Å². The molecule has 0 aliphatic carbocycles. The zero-order valence-corrected chi connectivity index (χ0v) is 12.1. The molecule has 0 saturated carbocycles. The zero-order chi connectivity index (χ0) is 15.5. The number of carbonyl (C=O) groups excluding carboxylic acids is 2. The molecule has 0 fully saturated rings. The van der Waals surface area contributed by atoms with Crippen molar-refractivity contribution in [3.63, 3.8) is 0 Å². The molecule has 0 saturated heterocycles. The van der Waals surface area contributed by atoms with Crippen LogP contribution in [-0.2, 0) is 9.59 Å². The van der Waals surface area contributed by atoms with E-state index in [1.165, 1.54) is 0 Å². The van der Waals surface area contributed by atoms with Gasteiger partial charge in [-0.15, -0.1) is 0 Å². The molecule has 7 heteroatoms. The number of hydrogen-bond acceptors (Lipinski definition) is 3. The Labute approximate surface area is 119 Å². The molecular formula is C13H25N3O4. The van der Waals surface area contributed by atoms with E-state index in [0.717, 1.165) is 12.8 Å². The van der Waals surface area contributed by atoms with E-state index in [1.54, 1.807) is 6.92 Å². The lowest BCUT2D eigenvalue weighted by Crippen LogP contribution is -2.42. The molecule has 2 atom stereocenters. The van der Waals surface area contributed by atoms with E-state index in [1.807, 2.05) is 6.92 Å². The number of carbonyl (C=O) groups is 3. The Morgan fingerprint density at radius 3 is 2.40 bits per heavy atom. The first-order valence-corrected chi connectivity index (χ1v) is 6.89. The summed E-state index contributed by atoms with van der Waals surface area (Å²) in [5.41, 5.74) is 5.03. The number of nitrogens with two attached hydrogens (primary N) is 1. The maximum Gasteiger partial charge on any atom is 0.315 e. The molecule has 0 spiro atoms. The number of urea groups is 1. The number of primary amides is 1. The Morgan fingerprint density at radius 1 is 1.25 bits per heavy atom. The smallest absolute Gasteiger partial charge is 0.315 e. The van der Waals surface area contributed by atoms with Crippen molar-refractivity contribution in [1.29, 1.82) is 0 Å². The largest absolute Gasteiger partial charge is 0.481 e. The van der Waals surface area contributed by atoms with E-state index in [4.69, 9.17) is 10.8 Å². The lowest BCUT2D eigenvalue weighted by Gasteiger charge is -2.16. The first-order valence-electron chi connectivity index (χ1n) is 6.89. The topological polar surface area (TPSA) is 122 Å². The van der Waals surface area contributed by atoms with Crippen LogP contribution in [0.15, 0.2) is 0 Å². The van der Waals surface area contributed by atoms with Gasteiger partial charge in [0.05, 0.1) is 0 Å². The van der Waals surface area contributed by atoms with Crippen molar-refractivity contribution >= 4 is 17.9 Å². The summed E-state index contributed by atoms with van der Waals surface area (Å²) in [5.74, 6) is -0.971. The molecule has 116 valence electrons. The summed E-state index contributed by atoms with van der Waals surface area (Å²) in [5, 5.41) is 13.9. The van der Waals surface area contributed by atoms with Crippen LogP contribution in [0.1, 0.15) is 46.0 Å². The molecule has 0 bridgehead atoms. The van der Waals surface area contributed by atoms with E-state index in [9.17, 15) is 14.4 Å². The van der Waals surface area contributed by atoms with Gasteiger partial charge >= 0.3 is 12.0 Å². The average molecular weight is 287 g/mol. The number of amides is 3. The predicted molar refractivity (Wildman–Crippen MR) is 75.1 cm³/mol. The van der Waals surface area contributed by atoms with Gasteiger partial charge < -0.3 is 21.5 Å². The molecule has 0 aliphatic heterocycles. The molecule has 2 unspecified atom stereocenters. The number of hydrogen-bond donors (Lipinski definition) is 4. The highest BCUT2D eigenvalue weighted by Gasteiger charge is 2.11. The van der Waals surface area contributed by atoms with Crippen molar-refractivity contribution in [1.82, 2.24) is 10.6 Å². The van der Waals surface area contributed by atoms with Crippen LogP contribution >= 0.6 is 0 Å². The van der Waals surface area contributed by atoms with Crippen molar-refractivity contribution in [3.8, 4) is 0 Å². The molecule has 0 rings (SSSR count). The van der Waals surface area contributed by atoms with Crippen molar-refractivity contribution in [2.24, 2.45) is 11.7 Å². The van der Waals surface area contributed by atoms with Crippen molar-refractivity contribution in [2.45, 2.75) is 52.0 Å². The monoisotopic (exact) mass is 287 g/mol. The number of aliphatic carboxylic acids is 1. The molecule has 5 N–H and O–H groups in total. The SMILES string of the molecule is CCC(CCNC(=O)NC(C)CC(N)=O)CCC(=O)O. The van der Waals surface area contributed by atoms with Gasteiger partial charge in [0.25, 0.3) is 0 Å². The first-order chi connectivity index (χ1) is 9.35. The van der Waals surface area contributed by atoms with Gasteiger partial charge in [-0.3, -0.25) is 9.59 Å². The van der Waals surface area contributed by atoms with E-state index < -0.39 is 11.9 Å². The summed E-state index contributed by atoms with van der Waals surface area (Å²) < 4.78 is 0. The van der Waals surface area contributed by atoms with Crippen LogP contribution in [0.25, 0.3) is 0 Å². The fraction of sp³-hybridized carbons (Fsp3) is 0.769. The first kappa shape index (κ1) is 18.2. The van der Waals surface area contributed by atoms with Gasteiger partial charge in [-0.2, -0.15) is 0 Å². The summed E-state index contributed by atoms with van der Waals surface area (Å²) in [4.78, 5) is 32.7. The minimum absolute atomic E-state index is 0.101. The fourth-order valence-corrected chi connectivity index (χ4v) is 1.90. The molecule has 0 radical (unpaired) electrons. The van der Waals surface area contributed by atoms with Gasteiger partial charge in [-0.1, -0.05) is 13.3 Å². The van der Waals surface area contributed by atoms with Crippen LogP contribution in [-0.4, -0.2) is 35.6 Å². The van der Waals surface area contributed by atoms with Gasteiger partial charge in [-0.05, 0) is 25.7 Å². The maximum absolute atomic E-state index is 11.5. The van der Waals surface area contributed by atoms with Gasteiger partial charge in [-0.25, -0.2) is 4.79 Å². The van der Waals surface area contributed by atoms with E-state index in [2.05, 4.69) is 10.6 Å². The molecule has 0 heterocycles. The summed E-state index contributed by atoms with van der Waals surface area (Å²) in [6, 6.07) is -0.645. The van der Waals surface area contributed by atoms with Gasteiger partial charge in [0, 0.05) is 25.4 Å². The van der Waals surface area contributed by atoms with Crippen LogP contribution in [0, 0.1) is 5.92 Å². The standard InChI is InChI=1S/C13H25N3O4/c1-3-10(4-5-12(18)19)6-7-15-13(20)16-9(2)8-11(14)17/h9-10H,3-8H2,1-2H3,(H2,14,17)(H,18,19)(H2,15,16,20).